The third-order valence-corrected chi connectivity index (χ3v) is 1.38. The SMILES string of the molecule is CC(C)(/C=C\CC(=O)O)C(=O)O. The molecule has 0 aromatic rings. The highest BCUT2D eigenvalue weighted by Gasteiger charge is 2.22. The van der Waals surface area contributed by atoms with Crippen LogP contribution in [0.4, 0.5) is 0 Å². The van der Waals surface area contributed by atoms with Gasteiger partial charge in [-0.1, -0.05) is 12.2 Å². The molecule has 0 fully saturated rings. The number of hydrogen-bond acceptors (Lipinski definition) is 2. The van der Waals surface area contributed by atoms with E-state index in [2.05, 4.69) is 0 Å². The molecule has 0 saturated carbocycles. The molecule has 0 saturated heterocycles. The first-order valence-corrected chi connectivity index (χ1v) is 3.49. The maximum absolute atomic E-state index is 10.5. The van der Waals surface area contributed by atoms with Crippen molar-refractivity contribution in [2.75, 3.05) is 0 Å². The third kappa shape index (κ3) is 3.75. The van der Waals surface area contributed by atoms with E-state index in [9.17, 15) is 9.59 Å². The van der Waals surface area contributed by atoms with Gasteiger partial charge >= 0.3 is 11.9 Å². The van der Waals surface area contributed by atoms with Crippen molar-refractivity contribution in [1.82, 2.24) is 0 Å². The molecule has 0 spiro atoms. The number of aliphatic carboxylic acids is 2. The van der Waals surface area contributed by atoms with Crippen LogP contribution in [0.5, 0.6) is 0 Å². The average molecular weight is 172 g/mol. The van der Waals surface area contributed by atoms with Crippen molar-refractivity contribution in [2.24, 2.45) is 5.41 Å². The average Bonchev–Trinajstić information content (AvgIpc) is 1.85. The van der Waals surface area contributed by atoms with Crippen LogP contribution in [0.25, 0.3) is 0 Å². The molecule has 0 amide bonds. The van der Waals surface area contributed by atoms with Crippen LogP contribution in [0.15, 0.2) is 12.2 Å². The summed E-state index contributed by atoms with van der Waals surface area (Å²) in [5, 5.41) is 16.9. The van der Waals surface area contributed by atoms with Gasteiger partial charge in [0.1, 0.15) is 0 Å². The van der Waals surface area contributed by atoms with Gasteiger partial charge in [-0.25, -0.2) is 0 Å². The first kappa shape index (κ1) is 10.7. The Morgan fingerprint density at radius 3 is 2.17 bits per heavy atom. The second kappa shape index (κ2) is 3.90. The summed E-state index contributed by atoms with van der Waals surface area (Å²) in [6.07, 6.45) is 2.58. The third-order valence-electron chi connectivity index (χ3n) is 1.38. The molecule has 0 aliphatic heterocycles. The predicted molar refractivity (Wildman–Crippen MR) is 42.8 cm³/mol. The van der Waals surface area contributed by atoms with Gasteiger partial charge < -0.3 is 10.2 Å². The van der Waals surface area contributed by atoms with E-state index < -0.39 is 17.4 Å². The first-order valence-electron chi connectivity index (χ1n) is 3.49. The summed E-state index contributed by atoms with van der Waals surface area (Å²) < 4.78 is 0. The Bertz CT molecular complexity index is 215. The van der Waals surface area contributed by atoms with E-state index in [1.165, 1.54) is 26.0 Å². The lowest BCUT2D eigenvalue weighted by Crippen LogP contribution is -2.20. The summed E-state index contributed by atoms with van der Waals surface area (Å²) in [6, 6.07) is 0. The molecule has 0 unspecified atom stereocenters. The lowest BCUT2D eigenvalue weighted by molar-refractivity contribution is -0.144. The summed E-state index contributed by atoms with van der Waals surface area (Å²) in [5.41, 5.74) is -0.991. The molecule has 4 heteroatoms. The fraction of sp³-hybridized carbons (Fsp3) is 0.500. The minimum atomic E-state index is -0.991. The van der Waals surface area contributed by atoms with Crippen LogP contribution in [0, 0.1) is 5.41 Å². The van der Waals surface area contributed by atoms with Crippen molar-refractivity contribution in [2.45, 2.75) is 20.3 Å². The van der Waals surface area contributed by atoms with Crippen LogP contribution in [0.3, 0.4) is 0 Å². The Hall–Kier alpha value is -1.32. The Morgan fingerprint density at radius 2 is 1.83 bits per heavy atom. The van der Waals surface area contributed by atoms with Gasteiger partial charge in [-0.2, -0.15) is 0 Å². The molecule has 0 rings (SSSR count). The van der Waals surface area contributed by atoms with E-state index in [1.807, 2.05) is 0 Å². The maximum atomic E-state index is 10.5. The fourth-order valence-corrected chi connectivity index (χ4v) is 0.526. The summed E-state index contributed by atoms with van der Waals surface area (Å²) in [6.45, 7) is 3.02. The summed E-state index contributed by atoms with van der Waals surface area (Å²) in [7, 11) is 0. The van der Waals surface area contributed by atoms with Crippen molar-refractivity contribution in [3.63, 3.8) is 0 Å². The van der Waals surface area contributed by atoms with Crippen LogP contribution in [-0.2, 0) is 9.59 Å². The van der Waals surface area contributed by atoms with Gasteiger partial charge in [-0.3, -0.25) is 9.59 Å². The first-order chi connectivity index (χ1) is 5.36. The normalized spacial score (nSPS) is 11.8. The van der Waals surface area contributed by atoms with Gasteiger partial charge in [0.2, 0.25) is 0 Å². The lowest BCUT2D eigenvalue weighted by atomic mass is 9.93. The van der Waals surface area contributed by atoms with Gasteiger partial charge in [0, 0.05) is 0 Å². The Kier molecular flexibility index (Phi) is 3.47. The van der Waals surface area contributed by atoms with E-state index in [1.54, 1.807) is 0 Å². The van der Waals surface area contributed by atoms with Gasteiger partial charge in [-0.15, -0.1) is 0 Å². The number of carboxylic acids is 2. The Labute approximate surface area is 70.5 Å². The number of carbonyl (C=O) groups is 2. The van der Waals surface area contributed by atoms with Crippen molar-refractivity contribution >= 4 is 11.9 Å². The minimum absolute atomic E-state index is 0.142. The molecule has 0 atom stereocenters. The molecule has 12 heavy (non-hydrogen) atoms. The summed E-state index contributed by atoms with van der Waals surface area (Å²) >= 11 is 0. The van der Waals surface area contributed by atoms with Crippen molar-refractivity contribution in [3.8, 4) is 0 Å². The Morgan fingerprint density at radius 1 is 1.33 bits per heavy atom. The minimum Gasteiger partial charge on any atom is -0.481 e. The van der Waals surface area contributed by atoms with E-state index in [-0.39, 0.29) is 6.42 Å². The molecule has 0 aromatic carbocycles. The second-order valence-electron chi connectivity index (χ2n) is 3.03. The van der Waals surface area contributed by atoms with Crippen LogP contribution in [-0.4, -0.2) is 22.2 Å². The largest absolute Gasteiger partial charge is 0.481 e. The smallest absolute Gasteiger partial charge is 0.312 e. The molecular weight excluding hydrogens is 160 g/mol. The predicted octanol–water partition coefficient (Wildman–Crippen LogP) is 1.13. The van der Waals surface area contributed by atoms with Crippen LogP contribution in [0.1, 0.15) is 20.3 Å². The summed E-state index contributed by atoms with van der Waals surface area (Å²) in [5.74, 6) is -1.93. The van der Waals surface area contributed by atoms with Crippen molar-refractivity contribution in [3.05, 3.63) is 12.2 Å². The van der Waals surface area contributed by atoms with Gasteiger partial charge in [0.05, 0.1) is 11.8 Å². The molecule has 0 aromatic heterocycles. The van der Waals surface area contributed by atoms with E-state index in [4.69, 9.17) is 10.2 Å². The highest BCUT2D eigenvalue weighted by molar-refractivity contribution is 5.76. The molecule has 68 valence electrons. The van der Waals surface area contributed by atoms with E-state index in [0.717, 1.165) is 0 Å². The molecule has 0 radical (unpaired) electrons. The number of rotatable bonds is 4. The lowest BCUT2D eigenvalue weighted by Gasteiger charge is -2.12. The molecule has 0 heterocycles. The zero-order valence-electron chi connectivity index (χ0n) is 7.07. The standard InChI is InChI=1S/C8H12O4/c1-8(2,7(11)12)5-3-4-6(9)10/h3,5H,4H2,1-2H3,(H,9,10)(H,11,12)/b5-3-. The van der Waals surface area contributed by atoms with Crippen molar-refractivity contribution in [1.29, 1.82) is 0 Å². The quantitative estimate of drug-likeness (QED) is 0.623. The molecule has 4 nitrogen and oxygen atoms in total. The highest BCUT2D eigenvalue weighted by atomic mass is 16.4. The van der Waals surface area contributed by atoms with Gasteiger partial charge in [0.15, 0.2) is 0 Å². The monoisotopic (exact) mass is 172 g/mol. The molecular formula is C8H12O4. The maximum Gasteiger partial charge on any atom is 0.312 e. The van der Waals surface area contributed by atoms with Gasteiger partial charge in [0.25, 0.3) is 0 Å². The van der Waals surface area contributed by atoms with Gasteiger partial charge in [-0.05, 0) is 13.8 Å². The topological polar surface area (TPSA) is 74.6 Å². The molecule has 0 aliphatic carbocycles. The second-order valence-corrected chi connectivity index (χ2v) is 3.03. The molecule has 0 aliphatic rings. The van der Waals surface area contributed by atoms with Crippen LogP contribution < -0.4 is 0 Å². The fourth-order valence-electron chi connectivity index (χ4n) is 0.526. The van der Waals surface area contributed by atoms with E-state index in [0.29, 0.717) is 0 Å². The molecule has 0 bridgehead atoms. The van der Waals surface area contributed by atoms with Crippen LogP contribution >= 0.6 is 0 Å². The Balaban J connectivity index is 4.14. The number of carboxylic acid groups (broad SMARTS) is 2. The number of hydrogen-bond donors (Lipinski definition) is 2. The van der Waals surface area contributed by atoms with E-state index >= 15 is 0 Å². The highest BCUT2D eigenvalue weighted by Crippen LogP contribution is 2.16. The zero-order valence-corrected chi connectivity index (χ0v) is 7.07. The molecule has 2 N–H and O–H groups in total. The zero-order chi connectivity index (χ0) is 9.78. The van der Waals surface area contributed by atoms with Crippen LogP contribution in [0.2, 0.25) is 0 Å². The van der Waals surface area contributed by atoms with Crippen molar-refractivity contribution < 1.29 is 19.8 Å². The summed E-state index contributed by atoms with van der Waals surface area (Å²) in [4.78, 5) is 20.6.